The maximum atomic E-state index is 12.3. The van der Waals surface area contributed by atoms with Crippen molar-refractivity contribution >= 4 is 30.5 Å². The van der Waals surface area contributed by atoms with E-state index in [1.807, 2.05) is 24.3 Å². The second-order valence-corrected chi connectivity index (χ2v) is 8.47. The van der Waals surface area contributed by atoms with Crippen molar-refractivity contribution in [3.05, 3.63) is 72.7 Å². The Hall–Kier alpha value is -2.82. The number of rotatable bonds is 8. The van der Waals surface area contributed by atoms with Gasteiger partial charge in [-0.05, 0) is 42.9 Å². The minimum Gasteiger partial charge on any atom is -0.371 e. The van der Waals surface area contributed by atoms with E-state index in [0.717, 1.165) is 35.7 Å². The first-order valence-corrected chi connectivity index (χ1v) is 10.6. The monoisotopic (exact) mass is 399 g/mol. The number of pyridine rings is 1. The number of Topliss-reactive ketones (excluding diaryl/α,β-unsaturated/α-hetero) is 1. The number of piperidine rings is 1. The van der Waals surface area contributed by atoms with Gasteiger partial charge in [0.05, 0.1) is 0 Å². The Labute approximate surface area is 181 Å². The molecule has 2 radical (unpaired) electrons. The first kappa shape index (κ1) is 21.9. The number of carbonyl (C=O) groups is 1. The number of benzene rings is 1. The number of likely N-dealkylation sites (tertiary alicyclic amines) is 1. The molecular weight excluding hydrogens is 369 g/mol. The van der Waals surface area contributed by atoms with Crippen LogP contribution in [0.3, 0.4) is 0 Å². The third-order valence-corrected chi connectivity index (χ3v) is 5.52. The van der Waals surface area contributed by atoms with E-state index < -0.39 is 0 Å². The number of ketones is 1. The lowest BCUT2D eigenvalue weighted by Crippen LogP contribution is -2.37. The van der Waals surface area contributed by atoms with Crippen LogP contribution in [0.25, 0.3) is 5.70 Å². The molecule has 0 aliphatic carbocycles. The van der Waals surface area contributed by atoms with Gasteiger partial charge >= 0.3 is 0 Å². The summed E-state index contributed by atoms with van der Waals surface area (Å²) in [6, 6.07) is 11.1. The Bertz CT molecular complexity index is 915. The lowest BCUT2D eigenvalue weighted by molar-refractivity contribution is 0.0978. The fraction of sp³-hybridized carbons (Fsp3) is 0.360. The maximum absolute atomic E-state index is 12.3. The summed E-state index contributed by atoms with van der Waals surface area (Å²) in [6.07, 6.45) is 3.76. The number of hydrogen-bond acceptors (Lipinski definition) is 4. The minimum absolute atomic E-state index is 0.0109. The van der Waals surface area contributed by atoms with E-state index in [0.29, 0.717) is 35.8 Å². The Morgan fingerprint density at radius 3 is 2.57 bits per heavy atom. The normalized spacial score (nSPS) is 18.7. The first-order chi connectivity index (χ1) is 14.3. The van der Waals surface area contributed by atoms with E-state index in [-0.39, 0.29) is 5.78 Å². The van der Waals surface area contributed by atoms with Crippen LogP contribution in [0.15, 0.2) is 61.4 Å². The summed E-state index contributed by atoms with van der Waals surface area (Å²) < 4.78 is 0. The van der Waals surface area contributed by atoms with Crippen LogP contribution >= 0.6 is 0 Å². The highest BCUT2D eigenvalue weighted by Crippen LogP contribution is 2.31. The van der Waals surface area contributed by atoms with Gasteiger partial charge in [-0.3, -0.25) is 9.78 Å². The number of anilines is 1. The zero-order valence-corrected chi connectivity index (χ0v) is 18.0. The zero-order chi connectivity index (χ0) is 21.7. The largest absolute Gasteiger partial charge is 0.371 e. The Balaban J connectivity index is 1.68. The highest BCUT2D eigenvalue weighted by atomic mass is 16.1. The third kappa shape index (κ3) is 5.62. The van der Waals surface area contributed by atoms with Crippen molar-refractivity contribution < 1.29 is 4.79 Å². The molecule has 0 saturated carbocycles. The molecule has 1 aliphatic heterocycles. The summed E-state index contributed by atoms with van der Waals surface area (Å²) in [4.78, 5) is 18.8. The van der Waals surface area contributed by atoms with Gasteiger partial charge < -0.3 is 10.2 Å². The molecule has 0 spiro atoms. The van der Waals surface area contributed by atoms with E-state index in [4.69, 9.17) is 7.85 Å². The minimum atomic E-state index is 0.0109. The van der Waals surface area contributed by atoms with Crippen molar-refractivity contribution in [3.8, 4) is 0 Å². The van der Waals surface area contributed by atoms with Gasteiger partial charge in [-0.15, -0.1) is 0 Å². The van der Waals surface area contributed by atoms with Crippen molar-refractivity contribution in [2.45, 2.75) is 33.1 Å². The predicted molar refractivity (Wildman–Crippen MR) is 126 cm³/mol. The molecule has 1 N–H and O–H groups in total. The van der Waals surface area contributed by atoms with E-state index in [2.05, 4.69) is 42.2 Å². The SMILES string of the molecule is [B]c1ccc(NC(=C)CCC(=O)c2ccccn2)c(C(=C)N2C[C@H](C)C[C@H](C)C2)c1. The lowest BCUT2D eigenvalue weighted by atomic mass is 9.89. The maximum Gasteiger partial charge on any atom is 0.181 e. The topological polar surface area (TPSA) is 45.2 Å². The molecule has 30 heavy (non-hydrogen) atoms. The number of hydrogen-bond donors (Lipinski definition) is 1. The molecule has 5 heteroatoms. The van der Waals surface area contributed by atoms with Crippen LogP contribution in [0.2, 0.25) is 0 Å². The highest BCUT2D eigenvalue weighted by Gasteiger charge is 2.24. The Morgan fingerprint density at radius 1 is 1.17 bits per heavy atom. The quantitative estimate of drug-likeness (QED) is 0.528. The Kier molecular flexibility index (Phi) is 7.14. The zero-order valence-electron chi connectivity index (χ0n) is 18.0. The summed E-state index contributed by atoms with van der Waals surface area (Å²) in [6.45, 7) is 15.1. The van der Waals surface area contributed by atoms with Crippen molar-refractivity contribution in [1.29, 1.82) is 0 Å². The van der Waals surface area contributed by atoms with Crippen molar-refractivity contribution in [2.24, 2.45) is 11.8 Å². The summed E-state index contributed by atoms with van der Waals surface area (Å²) in [5.41, 5.74) is 4.83. The van der Waals surface area contributed by atoms with Gasteiger partial charge in [0.15, 0.2) is 5.78 Å². The summed E-state index contributed by atoms with van der Waals surface area (Å²) in [5, 5.41) is 3.38. The molecule has 1 aliphatic rings. The molecule has 2 aromatic rings. The number of carbonyl (C=O) groups excluding carboxylic acids is 1. The number of nitrogens with one attached hydrogen (secondary N) is 1. The summed E-state index contributed by atoms with van der Waals surface area (Å²) in [7, 11) is 6.08. The molecule has 1 saturated heterocycles. The lowest BCUT2D eigenvalue weighted by Gasteiger charge is -2.38. The summed E-state index contributed by atoms with van der Waals surface area (Å²) in [5.74, 6) is 1.28. The molecule has 2 heterocycles. The van der Waals surface area contributed by atoms with Crippen LogP contribution < -0.4 is 10.8 Å². The van der Waals surface area contributed by atoms with E-state index in [1.54, 1.807) is 18.3 Å². The van der Waals surface area contributed by atoms with Crippen LogP contribution in [0.4, 0.5) is 5.69 Å². The van der Waals surface area contributed by atoms with Gasteiger partial charge in [-0.2, -0.15) is 0 Å². The van der Waals surface area contributed by atoms with Crippen LogP contribution in [0, 0.1) is 11.8 Å². The highest BCUT2D eigenvalue weighted by molar-refractivity contribution is 6.32. The van der Waals surface area contributed by atoms with E-state index in [1.165, 1.54) is 6.42 Å². The number of nitrogens with zero attached hydrogens (tertiary/aromatic N) is 2. The molecule has 0 bridgehead atoms. The fourth-order valence-electron chi connectivity index (χ4n) is 4.14. The fourth-order valence-corrected chi connectivity index (χ4v) is 4.14. The standard InChI is InChI=1S/C25H30BN3O/c1-17-13-18(2)16-29(15-17)20(4)22-14-21(26)9-10-23(22)28-19(3)8-11-25(30)24-7-5-6-12-27-24/h5-7,9-10,12,14,17-18,28H,3-4,8,11,13,15-16H2,1-2H3/t17-,18+. The molecule has 154 valence electrons. The smallest absolute Gasteiger partial charge is 0.181 e. The van der Waals surface area contributed by atoms with Crippen LogP contribution in [0.5, 0.6) is 0 Å². The van der Waals surface area contributed by atoms with E-state index in [9.17, 15) is 4.79 Å². The number of allylic oxidation sites excluding steroid dienone is 1. The van der Waals surface area contributed by atoms with Crippen LogP contribution in [-0.2, 0) is 0 Å². The first-order valence-electron chi connectivity index (χ1n) is 10.6. The molecule has 1 fully saturated rings. The molecule has 1 aromatic carbocycles. The molecular formula is C25H30BN3O. The van der Waals surface area contributed by atoms with Crippen molar-refractivity contribution in [1.82, 2.24) is 9.88 Å². The average molecular weight is 399 g/mol. The van der Waals surface area contributed by atoms with Gasteiger partial charge in [0.2, 0.25) is 0 Å². The van der Waals surface area contributed by atoms with Gasteiger partial charge in [0, 0.05) is 48.4 Å². The van der Waals surface area contributed by atoms with Crippen LogP contribution in [-0.4, -0.2) is 36.6 Å². The molecule has 3 rings (SSSR count). The van der Waals surface area contributed by atoms with Gasteiger partial charge in [0.25, 0.3) is 0 Å². The average Bonchev–Trinajstić information content (AvgIpc) is 2.72. The molecule has 1 aromatic heterocycles. The van der Waals surface area contributed by atoms with Crippen molar-refractivity contribution in [3.63, 3.8) is 0 Å². The van der Waals surface area contributed by atoms with E-state index >= 15 is 0 Å². The Morgan fingerprint density at radius 2 is 1.90 bits per heavy atom. The van der Waals surface area contributed by atoms with Gasteiger partial charge in [0.1, 0.15) is 13.5 Å². The predicted octanol–water partition coefficient (Wildman–Crippen LogP) is 4.41. The number of aromatic nitrogens is 1. The molecule has 4 nitrogen and oxygen atoms in total. The van der Waals surface area contributed by atoms with Gasteiger partial charge in [-0.25, -0.2) is 0 Å². The molecule has 0 amide bonds. The van der Waals surface area contributed by atoms with Gasteiger partial charge in [-0.1, -0.05) is 50.7 Å². The molecule has 0 unspecified atom stereocenters. The second kappa shape index (κ2) is 9.79. The third-order valence-electron chi connectivity index (χ3n) is 5.52. The molecule has 2 atom stereocenters. The summed E-state index contributed by atoms with van der Waals surface area (Å²) >= 11 is 0. The second-order valence-electron chi connectivity index (χ2n) is 8.47. The van der Waals surface area contributed by atoms with Crippen molar-refractivity contribution in [2.75, 3.05) is 18.4 Å². The van der Waals surface area contributed by atoms with Crippen LogP contribution in [0.1, 0.15) is 49.2 Å².